The van der Waals surface area contributed by atoms with Crippen molar-refractivity contribution < 1.29 is 9.47 Å². The molecule has 0 bridgehead atoms. The molecule has 0 saturated carbocycles. The van der Waals surface area contributed by atoms with Gasteiger partial charge in [-0.25, -0.2) is 0 Å². The van der Waals surface area contributed by atoms with Gasteiger partial charge in [0.2, 0.25) is 0 Å². The van der Waals surface area contributed by atoms with Gasteiger partial charge in [-0.3, -0.25) is 0 Å². The zero-order valence-electron chi connectivity index (χ0n) is 6.88. The lowest BCUT2D eigenvalue weighted by Crippen LogP contribution is -2.56. The molecule has 11 heavy (non-hydrogen) atoms. The summed E-state index contributed by atoms with van der Waals surface area (Å²) >= 11 is 0. The van der Waals surface area contributed by atoms with Crippen molar-refractivity contribution in [3.63, 3.8) is 0 Å². The predicted octanol–water partition coefficient (Wildman–Crippen LogP) is 0.152. The molecule has 0 aromatic heterocycles. The van der Waals surface area contributed by atoms with Gasteiger partial charge in [-0.15, -0.1) is 0 Å². The molecular formula is C8H15NO2. The molecule has 2 fully saturated rings. The van der Waals surface area contributed by atoms with Crippen LogP contribution in [-0.2, 0) is 9.47 Å². The Morgan fingerprint density at radius 3 is 3.27 bits per heavy atom. The summed E-state index contributed by atoms with van der Waals surface area (Å²) in [5, 5.41) is 3.42. The molecule has 64 valence electrons. The van der Waals surface area contributed by atoms with E-state index in [0.29, 0.717) is 18.2 Å². The number of ether oxygens (including phenoxy) is 2. The molecule has 0 amide bonds. The van der Waals surface area contributed by atoms with Crippen LogP contribution < -0.4 is 5.32 Å². The normalized spacial score (nSPS) is 45.0. The minimum atomic E-state index is 0.370. The Bertz CT molecular complexity index is 140. The Morgan fingerprint density at radius 1 is 1.45 bits per heavy atom. The zero-order valence-corrected chi connectivity index (χ0v) is 6.88. The van der Waals surface area contributed by atoms with E-state index < -0.39 is 0 Å². The van der Waals surface area contributed by atoms with Gasteiger partial charge >= 0.3 is 0 Å². The molecule has 0 aliphatic carbocycles. The Hall–Kier alpha value is -0.120. The van der Waals surface area contributed by atoms with Crippen molar-refractivity contribution in [1.82, 2.24) is 5.32 Å². The molecule has 0 aromatic rings. The lowest BCUT2D eigenvalue weighted by atomic mass is 10.0. The lowest BCUT2D eigenvalue weighted by molar-refractivity contribution is -0.109. The van der Waals surface area contributed by atoms with Crippen LogP contribution in [0.25, 0.3) is 0 Å². The number of morpholine rings is 1. The molecule has 1 N–H and O–H groups in total. The number of rotatable bonds is 0. The number of fused-ring (bicyclic) bond motifs is 1. The van der Waals surface area contributed by atoms with Crippen molar-refractivity contribution in [3.05, 3.63) is 0 Å². The van der Waals surface area contributed by atoms with Gasteiger partial charge in [0.1, 0.15) is 0 Å². The van der Waals surface area contributed by atoms with E-state index in [9.17, 15) is 0 Å². The van der Waals surface area contributed by atoms with E-state index >= 15 is 0 Å². The van der Waals surface area contributed by atoms with Crippen molar-refractivity contribution in [2.45, 2.75) is 31.6 Å². The van der Waals surface area contributed by atoms with Gasteiger partial charge in [-0.1, -0.05) is 0 Å². The van der Waals surface area contributed by atoms with Crippen molar-refractivity contribution in [1.29, 1.82) is 0 Å². The topological polar surface area (TPSA) is 30.5 Å². The second-order valence-electron chi connectivity index (χ2n) is 3.36. The van der Waals surface area contributed by atoms with Gasteiger partial charge in [0.05, 0.1) is 24.9 Å². The van der Waals surface area contributed by atoms with Gasteiger partial charge < -0.3 is 14.8 Å². The van der Waals surface area contributed by atoms with Crippen molar-refractivity contribution in [2.75, 3.05) is 19.8 Å². The van der Waals surface area contributed by atoms with Crippen LogP contribution >= 0.6 is 0 Å². The minimum absolute atomic E-state index is 0.370. The fourth-order valence-corrected chi connectivity index (χ4v) is 1.74. The average Bonchev–Trinajstić information content (AvgIpc) is 2.04. The van der Waals surface area contributed by atoms with E-state index in [1.54, 1.807) is 0 Å². The van der Waals surface area contributed by atoms with E-state index in [1.165, 1.54) is 0 Å². The van der Waals surface area contributed by atoms with Crippen LogP contribution in [0.2, 0.25) is 0 Å². The highest BCUT2D eigenvalue weighted by atomic mass is 16.5. The molecule has 0 aromatic carbocycles. The summed E-state index contributed by atoms with van der Waals surface area (Å²) < 4.78 is 11.1. The van der Waals surface area contributed by atoms with E-state index in [2.05, 4.69) is 12.2 Å². The summed E-state index contributed by atoms with van der Waals surface area (Å²) in [6.45, 7) is 4.75. The third-order valence-corrected chi connectivity index (χ3v) is 2.37. The first-order chi connectivity index (χ1) is 5.36. The second kappa shape index (κ2) is 3.09. The largest absolute Gasteiger partial charge is 0.380 e. The fourth-order valence-electron chi connectivity index (χ4n) is 1.74. The summed E-state index contributed by atoms with van der Waals surface area (Å²) in [6, 6.07) is 0.444. The molecule has 2 heterocycles. The first-order valence-corrected chi connectivity index (χ1v) is 4.33. The minimum Gasteiger partial charge on any atom is -0.380 e. The molecule has 2 rings (SSSR count). The third kappa shape index (κ3) is 1.55. The van der Waals surface area contributed by atoms with Crippen LogP contribution in [-0.4, -0.2) is 38.0 Å². The monoisotopic (exact) mass is 157 g/mol. The first kappa shape index (κ1) is 7.53. The van der Waals surface area contributed by atoms with Crippen LogP contribution in [0.5, 0.6) is 0 Å². The van der Waals surface area contributed by atoms with Crippen molar-refractivity contribution in [2.24, 2.45) is 0 Å². The molecule has 2 aliphatic rings. The van der Waals surface area contributed by atoms with Gasteiger partial charge in [0.15, 0.2) is 0 Å². The third-order valence-electron chi connectivity index (χ3n) is 2.37. The van der Waals surface area contributed by atoms with Crippen LogP contribution in [0, 0.1) is 0 Å². The molecule has 3 atom stereocenters. The molecule has 3 heteroatoms. The summed E-state index contributed by atoms with van der Waals surface area (Å²) in [5.41, 5.74) is 0. The van der Waals surface area contributed by atoms with Crippen LogP contribution in [0.1, 0.15) is 13.3 Å². The van der Waals surface area contributed by atoms with Crippen LogP contribution in [0.15, 0.2) is 0 Å². The number of nitrogens with one attached hydrogen (secondary N) is 1. The van der Waals surface area contributed by atoms with Gasteiger partial charge in [0.25, 0.3) is 0 Å². The standard InChI is InChI=1S/C8H15NO2/c1-6-4-9-7-5-10-3-2-8(7)11-6/h6-9H,2-5H2,1H3/t6-,7+,8+/m1/s1. The van der Waals surface area contributed by atoms with E-state index in [1.807, 2.05) is 0 Å². The number of hydrogen-bond donors (Lipinski definition) is 1. The summed E-state index contributed by atoms with van der Waals surface area (Å²) in [4.78, 5) is 0. The average molecular weight is 157 g/mol. The molecule has 0 unspecified atom stereocenters. The van der Waals surface area contributed by atoms with E-state index in [4.69, 9.17) is 9.47 Å². The Labute approximate surface area is 67.1 Å². The van der Waals surface area contributed by atoms with E-state index in [0.717, 1.165) is 26.2 Å². The molecule has 3 nitrogen and oxygen atoms in total. The molecule has 2 saturated heterocycles. The van der Waals surface area contributed by atoms with Crippen LogP contribution in [0.4, 0.5) is 0 Å². The van der Waals surface area contributed by atoms with Crippen molar-refractivity contribution in [3.8, 4) is 0 Å². The van der Waals surface area contributed by atoms with Gasteiger partial charge in [0, 0.05) is 13.2 Å². The maximum Gasteiger partial charge on any atom is 0.0776 e. The van der Waals surface area contributed by atoms with Crippen LogP contribution in [0.3, 0.4) is 0 Å². The van der Waals surface area contributed by atoms with E-state index in [-0.39, 0.29) is 0 Å². The quantitative estimate of drug-likeness (QED) is 0.543. The summed E-state index contributed by atoms with van der Waals surface area (Å²) in [6.07, 6.45) is 1.81. The molecular weight excluding hydrogens is 142 g/mol. The fraction of sp³-hybridized carbons (Fsp3) is 1.00. The van der Waals surface area contributed by atoms with Crippen molar-refractivity contribution >= 4 is 0 Å². The van der Waals surface area contributed by atoms with Gasteiger partial charge in [-0.05, 0) is 13.3 Å². The van der Waals surface area contributed by atoms with Gasteiger partial charge in [-0.2, -0.15) is 0 Å². The highest BCUT2D eigenvalue weighted by Crippen LogP contribution is 2.17. The Balaban J connectivity index is 1.93. The highest BCUT2D eigenvalue weighted by molar-refractivity contribution is 4.85. The maximum absolute atomic E-state index is 5.75. The predicted molar refractivity (Wildman–Crippen MR) is 41.6 cm³/mol. The highest BCUT2D eigenvalue weighted by Gasteiger charge is 2.31. The second-order valence-corrected chi connectivity index (χ2v) is 3.36. The maximum atomic E-state index is 5.75. The molecule has 0 spiro atoms. The number of hydrogen-bond acceptors (Lipinski definition) is 3. The Morgan fingerprint density at radius 2 is 2.36 bits per heavy atom. The summed E-state index contributed by atoms with van der Waals surface area (Å²) in [7, 11) is 0. The lowest BCUT2D eigenvalue weighted by Gasteiger charge is -2.38. The molecule has 2 aliphatic heterocycles. The SMILES string of the molecule is C[C@@H]1CN[C@H]2COCC[C@@H]2O1. The zero-order chi connectivity index (χ0) is 7.68. The smallest absolute Gasteiger partial charge is 0.0776 e. The molecule has 0 radical (unpaired) electrons. The first-order valence-electron chi connectivity index (χ1n) is 4.33. The summed E-state index contributed by atoms with van der Waals surface area (Å²) in [5.74, 6) is 0. The Kier molecular flexibility index (Phi) is 2.11.